The molecular weight excluding hydrogens is 464 g/mol. The first kappa shape index (κ1) is 20.6. The van der Waals surface area contributed by atoms with Crippen LogP contribution in [0.2, 0.25) is 0 Å². The SMILES string of the molecule is Cc1cccc(C(=O)Oc2ccc(Br)cc2C=NNC(=O)c2ccc3c(c2)OCO3)c1. The zero-order valence-electron chi connectivity index (χ0n) is 16.4. The molecule has 0 bridgehead atoms. The molecule has 3 aromatic rings. The van der Waals surface area contributed by atoms with E-state index in [0.717, 1.165) is 10.0 Å². The minimum atomic E-state index is -0.481. The fourth-order valence-electron chi connectivity index (χ4n) is 2.91. The first-order valence-corrected chi connectivity index (χ1v) is 10.1. The molecule has 0 spiro atoms. The summed E-state index contributed by atoms with van der Waals surface area (Å²) >= 11 is 3.39. The highest BCUT2D eigenvalue weighted by molar-refractivity contribution is 9.10. The number of ether oxygens (including phenoxy) is 3. The van der Waals surface area contributed by atoms with Gasteiger partial charge in [-0.25, -0.2) is 10.2 Å². The maximum atomic E-state index is 12.5. The molecular formula is C23H17BrN2O5. The second-order valence-electron chi connectivity index (χ2n) is 6.71. The van der Waals surface area contributed by atoms with Crippen molar-refractivity contribution in [3.8, 4) is 17.2 Å². The maximum absolute atomic E-state index is 12.5. The fraction of sp³-hybridized carbons (Fsp3) is 0.0870. The molecule has 3 aromatic carbocycles. The van der Waals surface area contributed by atoms with E-state index in [9.17, 15) is 9.59 Å². The Kier molecular flexibility index (Phi) is 5.99. The van der Waals surface area contributed by atoms with E-state index < -0.39 is 11.9 Å². The highest BCUT2D eigenvalue weighted by Gasteiger charge is 2.16. The van der Waals surface area contributed by atoms with Crippen molar-refractivity contribution in [2.45, 2.75) is 6.92 Å². The van der Waals surface area contributed by atoms with E-state index in [2.05, 4.69) is 26.5 Å². The molecule has 4 rings (SSSR count). The Bertz CT molecular complexity index is 1190. The molecule has 0 atom stereocenters. The van der Waals surface area contributed by atoms with Gasteiger partial charge in [0.15, 0.2) is 11.5 Å². The second kappa shape index (κ2) is 9.01. The summed E-state index contributed by atoms with van der Waals surface area (Å²) in [7, 11) is 0. The lowest BCUT2D eigenvalue weighted by Gasteiger charge is -2.08. The number of carbonyl (C=O) groups excluding carboxylic acids is 2. The van der Waals surface area contributed by atoms with E-state index in [1.165, 1.54) is 6.21 Å². The molecule has 8 heteroatoms. The van der Waals surface area contributed by atoms with E-state index >= 15 is 0 Å². The van der Waals surface area contributed by atoms with Gasteiger partial charge in [0.1, 0.15) is 5.75 Å². The lowest BCUT2D eigenvalue weighted by atomic mass is 10.1. The number of nitrogens with one attached hydrogen (secondary N) is 1. The zero-order valence-corrected chi connectivity index (χ0v) is 18.0. The number of esters is 1. The van der Waals surface area contributed by atoms with Gasteiger partial charge in [0.2, 0.25) is 6.79 Å². The van der Waals surface area contributed by atoms with E-state index in [-0.39, 0.29) is 6.79 Å². The fourth-order valence-corrected chi connectivity index (χ4v) is 3.29. The van der Waals surface area contributed by atoms with Crippen LogP contribution < -0.4 is 19.6 Å². The van der Waals surface area contributed by atoms with Crippen molar-refractivity contribution in [2.75, 3.05) is 6.79 Å². The third-order valence-electron chi connectivity index (χ3n) is 4.43. The summed E-state index contributed by atoms with van der Waals surface area (Å²) in [6.45, 7) is 2.03. The van der Waals surface area contributed by atoms with Crippen LogP contribution in [0.25, 0.3) is 0 Å². The molecule has 1 aliphatic rings. The molecule has 0 saturated carbocycles. The van der Waals surface area contributed by atoms with Crippen LogP contribution in [0.4, 0.5) is 0 Å². The molecule has 0 fully saturated rings. The van der Waals surface area contributed by atoms with E-state index in [1.54, 1.807) is 54.6 Å². The summed E-state index contributed by atoms with van der Waals surface area (Å²) < 4.78 is 16.8. The number of nitrogens with zero attached hydrogens (tertiary/aromatic N) is 1. The second-order valence-corrected chi connectivity index (χ2v) is 7.62. The summed E-state index contributed by atoms with van der Waals surface area (Å²) in [6, 6.07) is 17.1. The molecule has 1 heterocycles. The van der Waals surface area contributed by atoms with Crippen molar-refractivity contribution in [1.29, 1.82) is 0 Å². The van der Waals surface area contributed by atoms with Crippen molar-refractivity contribution in [3.63, 3.8) is 0 Å². The Morgan fingerprint density at radius 3 is 2.71 bits per heavy atom. The van der Waals surface area contributed by atoms with Gasteiger partial charge >= 0.3 is 5.97 Å². The number of halogens is 1. The first-order chi connectivity index (χ1) is 15.0. The van der Waals surface area contributed by atoms with Gasteiger partial charge in [-0.15, -0.1) is 0 Å². The monoisotopic (exact) mass is 480 g/mol. The van der Waals surface area contributed by atoms with E-state index in [1.807, 2.05) is 13.0 Å². The molecule has 0 unspecified atom stereocenters. The van der Waals surface area contributed by atoms with Gasteiger partial charge in [-0.3, -0.25) is 4.79 Å². The van der Waals surface area contributed by atoms with Crippen LogP contribution in [0.15, 0.2) is 70.2 Å². The number of fused-ring (bicyclic) bond motifs is 1. The van der Waals surface area contributed by atoms with Gasteiger partial charge in [-0.1, -0.05) is 33.6 Å². The van der Waals surface area contributed by atoms with Crippen LogP contribution >= 0.6 is 15.9 Å². The Hall–Kier alpha value is -3.65. The lowest BCUT2D eigenvalue weighted by Crippen LogP contribution is -2.17. The molecule has 1 aliphatic heterocycles. The molecule has 1 N–H and O–H groups in total. The van der Waals surface area contributed by atoms with Crippen LogP contribution in [0, 0.1) is 6.92 Å². The summed E-state index contributed by atoms with van der Waals surface area (Å²) in [4.78, 5) is 24.9. The Labute approximate surface area is 186 Å². The van der Waals surface area contributed by atoms with Crippen molar-refractivity contribution < 1.29 is 23.8 Å². The molecule has 31 heavy (non-hydrogen) atoms. The predicted molar refractivity (Wildman–Crippen MR) is 118 cm³/mol. The number of carbonyl (C=O) groups is 2. The maximum Gasteiger partial charge on any atom is 0.343 e. The Morgan fingerprint density at radius 1 is 1.03 bits per heavy atom. The van der Waals surface area contributed by atoms with E-state index in [4.69, 9.17) is 14.2 Å². The van der Waals surface area contributed by atoms with Gasteiger partial charge in [0, 0.05) is 15.6 Å². The Balaban J connectivity index is 1.47. The van der Waals surface area contributed by atoms with Crippen LogP contribution in [0.3, 0.4) is 0 Å². The van der Waals surface area contributed by atoms with Crippen LogP contribution in [0.1, 0.15) is 31.8 Å². The molecule has 0 aliphatic carbocycles. The van der Waals surface area contributed by atoms with Crippen molar-refractivity contribution in [1.82, 2.24) is 5.43 Å². The number of hydrazone groups is 1. The topological polar surface area (TPSA) is 86.2 Å². The van der Waals surface area contributed by atoms with Crippen molar-refractivity contribution in [3.05, 3.63) is 87.4 Å². The summed E-state index contributed by atoms with van der Waals surface area (Å²) in [5.41, 5.74) is 4.75. The third-order valence-corrected chi connectivity index (χ3v) is 4.93. The minimum Gasteiger partial charge on any atom is -0.454 e. The molecule has 0 radical (unpaired) electrons. The van der Waals surface area contributed by atoms with Crippen molar-refractivity contribution >= 4 is 34.0 Å². The normalized spacial score (nSPS) is 12.1. The molecule has 0 aromatic heterocycles. The number of benzene rings is 3. The van der Waals surface area contributed by atoms with Crippen LogP contribution in [-0.4, -0.2) is 24.9 Å². The number of rotatable bonds is 5. The lowest BCUT2D eigenvalue weighted by molar-refractivity contribution is 0.0734. The van der Waals surface area contributed by atoms with Gasteiger partial charge in [0.25, 0.3) is 5.91 Å². The predicted octanol–water partition coefficient (Wildman–Crippen LogP) is 4.47. The van der Waals surface area contributed by atoms with Gasteiger partial charge in [-0.05, 0) is 55.5 Å². The van der Waals surface area contributed by atoms with Crippen LogP contribution in [-0.2, 0) is 0 Å². The zero-order chi connectivity index (χ0) is 21.8. The molecule has 1 amide bonds. The number of hydrogen-bond acceptors (Lipinski definition) is 6. The summed E-state index contributed by atoms with van der Waals surface area (Å²) in [6.07, 6.45) is 1.41. The smallest absolute Gasteiger partial charge is 0.343 e. The number of aryl methyl sites for hydroxylation is 1. The first-order valence-electron chi connectivity index (χ1n) is 9.31. The number of hydrogen-bond donors (Lipinski definition) is 1. The van der Waals surface area contributed by atoms with Gasteiger partial charge in [-0.2, -0.15) is 5.10 Å². The Morgan fingerprint density at radius 2 is 1.87 bits per heavy atom. The molecule has 156 valence electrons. The average Bonchev–Trinajstić information content (AvgIpc) is 3.23. The third kappa shape index (κ3) is 4.92. The quantitative estimate of drug-likeness (QED) is 0.252. The van der Waals surface area contributed by atoms with Crippen LogP contribution in [0.5, 0.6) is 17.2 Å². The van der Waals surface area contributed by atoms with E-state index in [0.29, 0.717) is 33.9 Å². The minimum absolute atomic E-state index is 0.130. The summed E-state index contributed by atoms with van der Waals surface area (Å²) in [5, 5.41) is 4.00. The van der Waals surface area contributed by atoms with Gasteiger partial charge in [0.05, 0.1) is 11.8 Å². The molecule has 7 nitrogen and oxygen atoms in total. The molecule has 0 saturated heterocycles. The largest absolute Gasteiger partial charge is 0.454 e. The highest BCUT2D eigenvalue weighted by atomic mass is 79.9. The van der Waals surface area contributed by atoms with Gasteiger partial charge < -0.3 is 14.2 Å². The number of amides is 1. The highest BCUT2D eigenvalue weighted by Crippen LogP contribution is 2.32. The standard InChI is InChI=1S/C23H17BrN2O5/c1-14-3-2-4-16(9-14)23(28)31-19-8-6-18(24)10-17(19)12-25-26-22(27)15-5-7-20-21(11-15)30-13-29-20/h2-12H,13H2,1H3,(H,26,27). The average molecular weight is 481 g/mol. The van der Waals surface area contributed by atoms with Crippen molar-refractivity contribution in [2.24, 2.45) is 5.10 Å². The summed E-state index contributed by atoms with van der Waals surface area (Å²) in [5.74, 6) is 0.520.